The van der Waals surface area contributed by atoms with E-state index in [1.54, 1.807) is 12.4 Å². The van der Waals surface area contributed by atoms with Gasteiger partial charge in [-0.3, -0.25) is 9.48 Å². The van der Waals surface area contributed by atoms with Crippen molar-refractivity contribution < 1.29 is 4.79 Å². The van der Waals surface area contributed by atoms with Gasteiger partial charge in [-0.1, -0.05) is 12.8 Å². The maximum atomic E-state index is 13.3. The number of hydrogen-bond donors (Lipinski definition) is 1. The second-order valence-electron chi connectivity index (χ2n) is 6.71. The van der Waals surface area contributed by atoms with E-state index in [-0.39, 0.29) is 11.9 Å². The van der Waals surface area contributed by atoms with E-state index in [0.29, 0.717) is 18.3 Å². The molecule has 7 heteroatoms. The van der Waals surface area contributed by atoms with Crippen LogP contribution in [0.3, 0.4) is 0 Å². The summed E-state index contributed by atoms with van der Waals surface area (Å²) in [6.45, 7) is 2.23. The molecule has 0 aromatic carbocycles. The average molecular weight is 328 g/mol. The van der Waals surface area contributed by atoms with E-state index >= 15 is 0 Å². The molecule has 1 aliphatic carbocycles. The van der Waals surface area contributed by atoms with Crippen molar-refractivity contribution in [2.75, 3.05) is 19.6 Å². The van der Waals surface area contributed by atoms with Crippen LogP contribution in [-0.4, -0.2) is 49.8 Å². The first-order valence-corrected chi connectivity index (χ1v) is 8.78. The van der Waals surface area contributed by atoms with Crippen molar-refractivity contribution in [1.29, 1.82) is 0 Å². The van der Waals surface area contributed by atoms with Crippen molar-refractivity contribution in [3.05, 3.63) is 36.2 Å². The predicted octanol–water partition coefficient (Wildman–Crippen LogP) is 1.52. The molecule has 2 fully saturated rings. The molecule has 1 N–H and O–H groups in total. The molecule has 0 bridgehead atoms. The van der Waals surface area contributed by atoms with E-state index in [1.807, 2.05) is 33.5 Å². The Labute approximate surface area is 141 Å². The topological polar surface area (TPSA) is 68.0 Å². The lowest BCUT2D eigenvalue weighted by Crippen LogP contribution is -2.49. The fourth-order valence-electron chi connectivity index (χ4n) is 3.95. The second-order valence-corrected chi connectivity index (χ2v) is 6.71. The number of aromatic nitrogens is 4. The first-order valence-electron chi connectivity index (χ1n) is 8.78. The number of nitrogens with one attached hydrogen (secondary N) is 1. The molecule has 1 unspecified atom stereocenters. The lowest BCUT2D eigenvalue weighted by Gasteiger charge is -2.36. The van der Waals surface area contributed by atoms with Crippen molar-refractivity contribution in [2.24, 2.45) is 7.05 Å². The predicted molar refractivity (Wildman–Crippen MR) is 89.6 cm³/mol. The van der Waals surface area contributed by atoms with Crippen LogP contribution in [0.5, 0.6) is 0 Å². The molecule has 7 nitrogen and oxygen atoms in total. The maximum Gasteiger partial charge on any atom is 0.272 e. The third-order valence-corrected chi connectivity index (χ3v) is 5.22. The molecule has 0 radical (unpaired) electrons. The van der Waals surface area contributed by atoms with Crippen LogP contribution in [-0.2, 0) is 7.05 Å². The smallest absolute Gasteiger partial charge is 0.272 e. The number of imidazole rings is 1. The number of rotatable bonds is 3. The highest BCUT2D eigenvalue weighted by molar-refractivity contribution is 5.93. The van der Waals surface area contributed by atoms with Crippen LogP contribution < -0.4 is 5.32 Å². The van der Waals surface area contributed by atoms with E-state index in [4.69, 9.17) is 0 Å². The standard InChI is InChI=1S/C17H24N6O/c1-21-10-9-19-16(21)15-12-18-8-11-22(15)17(24)14-6-7-20-23(14)13-4-2-3-5-13/h6-7,9-10,13,15,18H,2-5,8,11-12H2,1H3. The minimum Gasteiger partial charge on any atom is -0.336 e. The Hall–Kier alpha value is -2.15. The van der Waals surface area contributed by atoms with Gasteiger partial charge >= 0.3 is 0 Å². The quantitative estimate of drug-likeness (QED) is 0.927. The summed E-state index contributed by atoms with van der Waals surface area (Å²) in [5, 5.41) is 7.83. The molecule has 1 amide bonds. The molecule has 24 heavy (non-hydrogen) atoms. The molecule has 128 valence electrons. The summed E-state index contributed by atoms with van der Waals surface area (Å²) in [5.74, 6) is 0.983. The second kappa shape index (κ2) is 6.39. The van der Waals surface area contributed by atoms with Crippen molar-refractivity contribution in [3.8, 4) is 0 Å². The molecule has 2 aliphatic rings. The van der Waals surface area contributed by atoms with Gasteiger partial charge < -0.3 is 14.8 Å². The molecule has 4 rings (SSSR count). The number of carbonyl (C=O) groups excluding carboxylic acids is 1. The van der Waals surface area contributed by atoms with Gasteiger partial charge in [-0.25, -0.2) is 4.98 Å². The number of nitrogens with zero attached hydrogens (tertiary/aromatic N) is 5. The SMILES string of the molecule is Cn1ccnc1C1CNCCN1C(=O)c1ccnn1C1CCCC1. The third kappa shape index (κ3) is 2.62. The van der Waals surface area contributed by atoms with Gasteiger partial charge in [-0.2, -0.15) is 5.10 Å². The third-order valence-electron chi connectivity index (χ3n) is 5.22. The number of aryl methyl sites for hydroxylation is 1. The lowest BCUT2D eigenvalue weighted by molar-refractivity contribution is 0.0605. The highest BCUT2D eigenvalue weighted by atomic mass is 16.2. The summed E-state index contributed by atoms with van der Waals surface area (Å²) < 4.78 is 3.94. The number of carbonyl (C=O) groups is 1. The van der Waals surface area contributed by atoms with Crippen molar-refractivity contribution in [2.45, 2.75) is 37.8 Å². The van der Waals surface area contributed by atoms with Crippen molar-refractivity contribution in [3.63, 3.8) is 0 Å². The Kier molecular flexibility index (Phi) is 4.10. The minimum atomic E-state index is -0.0434. The molecule has 3 heterocycles. The van der Waals surface area contributed by atoms with Gasteiger partial charge in [-0.05, 0) is 18.9 Å². The van der Waals surface area contributed by atoms with E-state index in [0.717, 1.165) is 31.8 Å². The van der Waals surface area contributed by atoms with E-state index in [9.17, 15) is 4.79 Å². The van der Waals surface area contributed by atoms with Crippen molar-refractivity contribution in [1.82, 2.24) is 29.5 Å². The highest BCUT2D eigenvalue weighted by Crippen LogP contribution is 2.31. The van der Waals surface area contributed by atoms with Gasteiger partial charge in [0.25, 0.3) is 5.91 Å². The summed E-state index contributed by atoms with van der Waals surface area (Å²) in [7, 11) is 1.97. The Morgan fingerprint density at radius 3 is 2.88 bits per heavy atom. The highest BCUT2D eigenvalue weighted by Gasteiger charge is 2.33. The van der Waals surface area contributed by atoms with Crippen LogP contribution in [0.4, 0.5) is 0 Å². The van der Waals surface area contributed by atoms with Crippen LogP contribution >= 0.6 is 0 Å². The normalized spacial score (nSPS) is 22.2. The lowest BCUT2D eigenvalue weighted by atomic mass is 10.1. The first kappa shape index (κ1) is 15.4. The average Bonchev–Trinajstić information content (AvgIpc) is 3.34. The Morgan fingerprint density at radius 1 is 1.29 bits per heavy atom. The van der Waals surface area contributed by atoms with Gasteiger partial charge in [-0.15, -0.1) is 0 Å². The van der Waals surface area contributed by atoms with Crippen LogP contribution in [0.15, 0.2) is 24.7 Å². The molecular weight excluding hydrogens is 304 g/mol. The summed E-state index contributed by atoms with van der Waals surface area (Å²) in [6.07, 6.45) is 10.1. The number of piperazine rings is 1. The summed E-state index contributed by atoms with van der Waals surface area (Å²) in [5.41, 5.74) is 0.711. The van der Waals surface area contributed by atoms with Gasteiger partial charge in [0.15, 0.2) is 0 Å². The zero-order chi connectivity index (χ0) is 16.5. The van der Waals surface area contributed by atoms with Crippen LogP contribution in [0.2, 0.25) is 0 Å². The fraction of sp³-hybridized carbons (Fsp3) is 0.588. The van der Waals surface area contributed by atoms with Crippen LogP contribution in [0, 0.1) is 0 Å². The first-order chi connectivity index (χ1) is 11.8. The maximum absolute atomic E-state index is 13.3. The van der Waals surface area contributed by atoms with Gasteiger partial charge in [0.05, 0.1) is 6.04 Å². The monoisotopic (exact) mass is 328 g/mol. The summed E-state index contributed by atoms with van der Waals surface area (Å²) >= 11 is 0. The molecule has 2 aromatic heterocycles. The van der Waals surface area contributed by atoms with Crippen LogP contribution in [0.1, 0.15) is 54.1 Å². The Morgan fingerprint density at radius 2 is 2.12 bits per heavy atom. The molecule has 1 saturated heterocycles. The molecule has 1 aliphatic heterocycles. The Balaban J connectivity index is 1.63. The zero-order valence-electron chi connectivity index (χ0n) is 14.1. The summed E-state index contributed by atoms with van der Waals surface area (Å²) in [6, 6.07) is 2.18. The minimum absolute atomic E-state index is 0.0434. The number of amides is 1. The molecular formula is C17H24N6O. The van der Waals surface area contributed by atoms with E-state index in [1.165, 1.54) is 12.8 Å². The van der Waals surface area contributed by atoms with Crippen molar-refractivity contribution >= 4 is 5.91 Å². The van der Waals surface area contributed by atoms with E-state index in [2.05, 4.69) is 15.4 Å². The molecule has 1 saturated carbocycles. The van der Waals surface area contributed by atoms with Gasteiger partial charge in [0.1, 0.15) is 17.6 Å². The Bertz CT molecular complexity index is 714. The largest absolute Gasteiger partial charge is 0.336 e. The molecule has 1 atom stereocenters. The summed E-state index contributed by atoms with van der Waals surface area (Å²) in [4.78, 5) is 19.7. The van der Waals surface area contributed by atoms with Gasteiger partial charge in [0, 0.05) is 45.3 Å². The molecule has 0 spiro atoms. The van der Waals surface area contributed by atoms with Crippen LogP contribution in [0.25, 0.3) is 0 Å². The zero-order valence-corrected chi connectivity index (χ0v) is 14.1. The number of hydrogen-bond acceptors (Lipinski definition) is 4. The van der Waals surface area contributed by atoms with E-state index < -0.39 is 0 Å². The van der Waals surface area contributed by atoms with Gasteiger partial charge in [0.2, 0.25) is 0 Å². The fourth-order valence-corrected chi connectivity index (χ4v) is 3.95. The molecule has 2 aromatic rings.